The molecule has 6 nitrogen and oxygen atoms in total. The Hall–Kier alpha value is -5.41. The second kappa shape index (κ2) is 10.9. The highest BCUT2D eigenvalue weighted by Crippen LogP contribution is 2.50. The predicted octanol–water partition coefficient (Wildman–Crippen LogP) is 8.30. The number of nitriles is 1. The first-order valence-corrected chi connectivity index (χ1v) is 13.5. The highest BCUT2D eigenvalue weighted by atomic mass is 16.5. The van der Waals surface area contributed by atoms with Crippen molar-refractivity contribution in [3.8, 4) is 28.7 Å². The van der Waals surface area contributed by atoms with Gasteiger partial charge in [0.2, 0.25) is 0 Å². The van der Waals surface area contributed by atoms with E-state index in [1.807, 2.05) is 23.1 Å². The van der Waals surface area contributed by atoms with Crippen molar-refractivity contribution >= 4 is 29.0 Å². The van der Waals surface area contributed by atoms with Gasteiger partial charge in [0.1, 0.15) is 17.6 Å². The van der Waals surface area contributed by atoms with Gasteiger partial charge in [0.25, 0.3) is 0 Å². The maximum absolute atomic E-state index is 12.3. The van der Waals surface area contributed by atoms with Gasteiger partial charge in [-0.15, -0.1) is 0 Å². The topological polar surface area (TPSA) is 79.6 Å². The first-order chi connectivity index (χ1) is 20.0. The third-order valence-corrected chi connectivity index (χ3v) is 7.35. The van der Waals surface area contributed by atoms with Crippen LogP contribution < -0.4 is 14.4 Å². The van der Waals surface area contributed by atoms with Gasteiger partial charge in [-0.1, -0.05) is 63.4 Å². The van der Waals surface area contributed by atoms with Crippen LogP contribution in [0.3, 0.4) is 0 Å². The summed E-state index contributed by atoms with van der Waals surface area (Å²) in [6, 6.07) is 29.1. The van der Waals surface area contributed by atoms with Crippen LogP contribution in [0.2, 0.25) is 0 Å². The molecular formula is C36H30N2O4. The maximum atomic E-state index is 12.3. The molecular weight excluding hydrogens is 524 g/mol. The first kappa shape index (κ1) is 28.1. The van der Waals surface area contributed by atoms with Gasteiger partial charge in [0, 0.05) is 39.7 Å². The van der Waals surface area contributed by atoms with Crippen LogP contribution in [-0.2, 0) is 15.0 Å². The Kier molecular flexibility index (Phi) is 7.28. The van der Waals surface area contributed by atoms with Crippen molar-refractivity contribution in [1.82, 2.24) is 0 Å². The van der Waals surface area contributed by atoms with E-state index in [9.17, 15) is 14.9 Å². The lowest BCUT2D eigenvalue weighted by Gasteiger charge is -2.28. The lowest BCUT2D eigenvalue weighted by molar-refractivity contribution is -0.130. The summed E-state index contributed by atoms with van der Waals surface area (Å²) in [5.41, 5.74) is 7.47. The molecule has 0 unspecified atom stereocenters. The number of rotatable bonds is 7. The summed E-state index contributed by atoms with van der Waals surface area (Å²) in [6.45, 7) is 14.8. The molecule has 4 aromatic rings. The van der Waals surface area contributed by atoms with Gasteiger partial charge >= 0.3 is 11.9 Å². The van der Waals surface area contributed by atoms with Crippen LogP contribution in [0, 0.1) is 11.3 Å². The fourth-order valence-electron chi connectivity index (χ4n) is 5.18. The molecule has 6 heteroatoms. The molecule has 1 aliphatic carbocycles. The van der Waals surface area contributed by atoms with Crippen LogP contribution >= 0.6 is 0 Å². The quantitative estimate of drug-likeness (QED) is 0.130. The maximum Gasteiger partial charge on any atom is 0.338 e. The molecule has 0 fully saturated rings. The number of esters is 2. The summed E-state index contributed by atoms with van der Waals surface area (Å²) in [5, 5.41) is 9.96. The molecule has 42 heavy (non-hydrogen) atoms. The number of nitrogens with zero attached hydrogens (tertiary/aromatic N) is 2. The third-order valence-electron chi connectivity index (χ3n) is 7.35. The van der Waals surface area contributed by atoms with E-state index < -0.39 is 11.9 Å². The minimum absolute atomic E-state index is 0.142. The smallest absolute Gasteiger partial charge is 0.338 e. The summed E-state index contributed by atoms with van der Waals surface area (Å²) in [5.74, 6) is -0.634. The molecule has 0 aromatic heterocycles. The Bertz CT molecular complexity index is 1830. The SMILES string of the molecule is C=C(C)C(=O)Oc1cccc(N(c2ccc(OC(=O)C(=C)C)c(C#N)c2)c2ccc3c(c2)C(C)(C)c2ccccc2-3)c1. The molecule has 4 aromatic carbocycles. The van der Waals surface area contributed by atoms with Crippen molar-refractivity contribution in [2.24, 2.45) is 0 Å². The van der Waals surface area contributed by atoms with E-state index in [0.717, 1.165) is 5.69 Å². The molecule has 0 amide bonds. The molecule has 1 aliphatic rings. The number of carbonyl (C=O) groups is 2. The molecule has 0 spiro atoms. The highest BCUT2D eigenvalue weighted by molar-refractivity contribution is 5.90. The largest absolute Gasteiger partial charge is 0.423 e. The number of anilines is 3. The van der Waals surface area contributed by atoms with Crippen LogP contribution in [0.4, 0.5) is 17.1 Å². The molecule has 0 bridgehead atoms. The average Bonchev–Trinajstić information content (AvgIpc) is 3.20. The van der Waals surface area contributed by atoms with E-state index in [2.05, 4.69) is 63.4 Å². The van der Waals surface area contributed by atoms with E-state index in [1.54, 1.807) is 50.2 Å². The Morgan fingerprint density at radius 3 is 2.07 bits per heavy atom. The lowest BCUT2D eigenvalue weighted by atomic mass is 9.82. The van der Waals surface area contributed by atoms with Crippen LogP contribution in [0.15, 0.2) is 109 Å². The molecule has 208 valence electrons. The number of ether oxygens (including phenoxy) is 2. The second-order valence-electron chi connectivity index (χ2n) is 10.9. The minimum Gasteiger partial charge on any atom is -0.423 e. The van der Waals surface area contributed by atoms with Crippen molar-refractivity contribution in [3.05, 3.63) is 126 Å². The zero-order chi connectivity index (χ0) is 30.2. The van der Waals surface area contributed by atoms with Gasteiger partial charge in [-0.3, -0.25) is 0 Å². The van der Waals surface area contributed by atoms with Gasteiger partial charge in [-0.25, -0.2) is 9.59 Å². The predicted molar refractivity (Wildman–Crippen MR) is 164 cm³/mol. The van der Waals surface area contributed by atoms with Crippen molar-refractivity contribution in [3.63, 3.8) is 0 Å². The van der Waals surface area contributed by atoms with Crippen molar-refractivity contribution in [1.29, 1.82) is 5.26 Å². The third kappa shape index (κ3) is 5.09. The van der Waals surface area contributed by atoms with Crippen molar-refractivity contribution < 1.29 is 19.1 Å². The molecule has 0 aliphatic heterocycles. The van der Waals surface area contributed by atoms with Crippen LogP contribution in [0.5, 0.6) is 11.5 Å². The van der Waals surface area contributed by atoms with E-state index >= 15 is 0 Å². The van der Waals surface area contributed by atoms with Gasteiger partial charge in [0.05, 0.1) is 5.56 Å². The van der Waals surface area contributed by atoms with E-state index in [4.69, 9.17) is 9.47 Å². The Morgan fingerprint density at radius 1 is 0.738 bits per heavy atom. The Balaban J connectivity index is 1.66. The number of hydrogen-bond acceptors (Lipinski definition) is 6. The molecule has 0 atom stereocenters. The lowest BCUT2D eigenvalue weighted by Crippen LogP contribution is -2.17. The van der Waals surface area contributed by atoms with Crippen LogP contribution in [0.1, 0.15) is 44.4 Å². The number of hydrogen-bond donors (Lipinski definition) is 0. The normalized spacial score (nSPS) is 12.4. The fraction of sp³-hybridized carbons (Fsp3) is 0.139. The number of benzene rings is 4. The Morgan fingerprint density at radius 2 is 1.36 bits per heavy atom. The molecule has 0 radical (unpaired) electrons. The Labute approximate surface area is 245 Å². The van der Waals surface area contributed by atoms with Gasteiger partial charge in [-0.2, -0.15) is 5.26 Å². The summed E-state index contributed by atoms with van der Waals surface area (Å²) < 4.78 is 10.9. The highest BCUT2D eigenvalue weighted by Gasteiger charge is 2.35. The van der Waals surface area contributed by atoms with Gasteiger partial charge in [0.15, 0.2) is 0 Å². The van der Waals surface area contributed by atoms with E-state index in [0.29, 0.717) is 17.1 Å². The average molecular weight is 555 g/mol. The summed E-state index contributed by atoms with van der Waals surface area (Å²) in [7, 11) is 0. The summed E-state index contributed by atoms with van der Waals surface area (Å²) in [4.78, 5) is 26.4. The van der Waals surface area contributed by atoms with Crippen LogP contribution in [0.25, 0.3) is 11.1 Å². The number of carbonyl (C=O) groups excluding carboxylic acids is 2. The zero-order valence-corrected chi connectivity index (χ0v) is 24.0. The molecule has 0 heterocycles. The van der Waals surface area contributed by atoms with Gasteiger partial charge in [-0.05, 0) is 78.6 Å². The fourth-order valence-corrected chi connectivity index (χ4v) is 5.18. The molecule has 5 rings (SSSR count). The molecule has 0 N–H and O–H groups in total. The molecule has 0 saturated carbocycles. The monoisotopic (exact) mass is 554 g/mol. The van der Waals surface area contributed by atoms with Gasteiger partial charge < -0.3 is 14.4 Å². The van der Waals surface area contributed by atoms with E-state index in [1.165, 1.54) is 22.3 Å². The summed E-state index contributed by atoms with van der Waals surface area (Å²) in [6.07, 6.45) is 0. The van der Waals surface area contributed by atoms with E-state index in [-0.39, 0.29) is 27.9 Å². The van der Waals surface area contributed by atoms with Crippen molar-refractivity contribution in [2.75, 3.05) is 4.90 Å². The summed E-state index contributed by atoms with van der Waals surface area (Å²) >= 11 is 0. The second-order valence-corrected chi connectivity index (χ2v) is 10.9. The number of fused-ring (bicyclic) bond motifs is 3. The van der Waals surface area contributed by atoms with Crippen molar-refractivity contribution in [2.45, 2.75) is 33.1 Å². The standard InChI is InChI=1S/C36H30N2O4/c1-22(2)34(39)41-28-11-9-10-25(19-28)38(26-15-17-33(24(18-26)21-37)42-35(40)23(3)4)27-14-16-30-29-12-7-8-13-31(29)36(5,6)32(30)20-27/h7-20H,1,3H2,2,4-6H3. The molecule has 0 saturated heterocycles. The minimum atomic E-state index is -0.608. The van der Waals surface area contributed by atoms with Crippen LogP contribution in [-0.4, -0.2) is 11.9 Å². The zero-order valence-electron chi connectivity index (χ0n) is 24.0. The first-order valence-electron chi connectivity index (χ1n) is 13.5.